The van der Waals surface area contributed by atoms with E-state index in [1.807, 2.05) is 18.2 Å². The quantitative estimate of drug-likeness (QED) is 0.825. The van der Waals surface area contributed by atoms with Crippen molar-refractivity contribution in [1.82, 2.24) is 15.5 Å². The van der Waals surface area contributed by atoms with Crippen LogP contribution in [0.2, 0.25) is 0 Å². The van der Waals surface area contributed by atoms with Gasteiger partial charge < -0.3 is 25.0 Å². The van der Waals surface area contributed by atoms with Crippen LogP contribution in [0.15, 0.2) is 18.2 Å². The maximum absolute atomic E-state index is 11.4. The molecule has 0 bridgehead atoms. The molecule has 1 unspecified atom stereocenters. The van der Waals surface area contributed by atoms with Crippen molar-refractivity contribution in [3.8, 4) is 11.5 Å². The van der Waals surface area contributed by atoms with Gasteiger partial charge in [-0.3, -0.25) is 0 Å². The normalized spacial score (nSPS) is 20.1. The summed E-state index contributed by atoms with van der Waals surface area (Å²) in [5.74, 6) is 1.67. The van der Waals surface area contributed by atoms with Gasteiger partial charge in [0.2, 0.25) is 0 Å². The minimum absolute atomic E-state index is 0.00984. The number of carbonyl (C=O) groups excluding carboxylic acids is 1. The third-order valence-electron chi connectivity index (χ3n) is 3.79. The number of hydrogen-bond acceptors (Lipinski definition) is 4. The molecule has 1 aromatic rings. The fourth-order valence-electron chi connectivity index (χ4n) is 2.69. The van der Waals surface area contributed by atoms with Crippen LogP contribution in [0.5, 0.6) is 11.5 Å². The van der Waals surface area contributed by atoms with Crippen LogP contribution in [0.25, 0.3) is 0 Å². The second kappa shape index (κ2) is 6.22. The first-order valence-electron chi connectivity index (χ1n) is 7.43. The summed E-state index contributed by atoms with van der Waals surface area (Å²) in [4.78, 5) is 13.2. The van der Waals surface area contributed by atoms with E-state index in [0.29, 0.717) is 19.8 Å². The van der Waals surface area contributed by atoms with Crippen molar-refractivity contribution in [3.05, 3.63) is 23.8 Å². The molecule has 2 N–H and O–H groups in total. The van der Waals surface area contributed by atoms with Gasteiger partial charge >= 0.3 is 6.03 Å². The average molecular weight is 291 g/mol. The van der Waals surface area contributed by atoms with E-state index in [1.54, 1.807) is 4.90 Å². The zero-order valence-electron chi connectivity index (χ0n) is 12.2. The van der Waals surface area contributed by atoms with Gasteiger partial charge in [0.25, 0.3) is 0 Å². The molecule has 0 aliphatic carbocycles. The number of nitrogens with one attached hydrogen (secondary N) is 2. The molecule has 6 nitrogen and oxygen atoms in total. The van der Waals surface area contributed by atoms with Crippen LogP contribution < -0.4 is 20.1 Å². The summed E-state index contributed by atoms with van der Waals surface area (Å²) in [6.07, 6.45) is 0. The summed E-state index contributed by atoms with van der Waals surface area (Å²) in [7, 11) is 0. The fourth-order valence-corrected chi connectivity index (χ4v) is 2.69. The molecule has 1 saturated heterocycles. The van der Waals surface area contributed by atoms with Crippen LogP contribution in [0.1, 0.15) is 18.5 Å². The van der Waals surface area contributed by atoms with Crippen LogP contribution >= 0.6 is 0 Å². The number of rotatable bonds is 6. The molecule has 1 fully saturated rings. The van der Waals surface area contributed by atoms with Crippen molar-refractivity contribution < 1.29 is 14.3 Å². The highest BCUT2D eigenvalue weighted by atomic mass is 16.5. The van der Waals surface area contributed by atoms with Crippen molar-refractivity contribution in [2.24, 2.45) is 0 Å². The van der Waals surface area contributed by atoms with E-state index >= 15 is 0 Å². The van der Waals surface area contributed by atoms with Gasteiger partial charge in [-0.1, -0.05) is 6.92 Å². The summed E-state index contributed by atoms with van der Waals surface area (Å²) in [5.41, 5.74) is 1.18. The van der Waals surface area contributed by atoms with Crippen molar-refractivity contribution in [3.63, 3.8) is 0 Å². The SMILES string of the molecule is CCNC1COc2cc(OCCN3CCNC3=O)ccc21. The molecule has 1 atom stereocenters. The lowest BCUT2D eigenvalue weighted by atomic mass is 10.1. The standard InChI is InChI=1S/C15H21N3O3/c1-2-16-13-10-21-14-9-11(3-4-12(13)14)20-8-7-18-6-5-17-15(18)19/h3-4,9,13,16H,2,5-8,10H2,1H3,(H,17,19). The maximum Gasteiger partial charge on any atom is 0.317 e. The first-order valence-corrected chi connectivity index (χ1v) is 7.43. The Morgan fingerprint density at radius 2 is 2.43 bits per heavy atom. The van der Waals surface area contributed by atoms with E-state index < -0.39 is 0 Å². The lowest BCUT2D eigenvalue weighted by Gasteiger charge is -2.15. The monoisotopic (exact) mass is 291 g/mol. The molecule has 0 spiro atoms. The fraction of sp³-hybridized carbons (Fsp3) is 0.533. The maximum atomic E-state index is 11.4. The molecular formula is C15H21N3O3. The van der Waals surface area contributed by atoms with Crippen molar-refractivity contribution in [1.29, 1.82) is 0 Å². The Morgan fingerprint density at radius 3 is 3.19 bits per heavy atom. The third-order valence-corrected chi connectivity index (χ3v) is 3.79. The van der Waals surface area contributed by atoms with Crippen LogP contribution in [-0.4, -0.2) is 50.3 Å². The zero-order chi connectivity index (χ0) is 14.7. The smallest absolute Gasteiger partial charge is 0.317 e. The summed E-state index contributed by atoms with van der Waals surface area (Å²) < 4.78 is 11.4. The van der Waals surface area contributed by atoms with Crippen molar-refractivity contribution >= 4 is 6.03 Å². The van der Waals surface area contributed by atoms with Gasteiger partial charge in [0.15, 0.2) is 0 Å². The predicted octanol–water partition coefficient (Wildman–Crippen LogP) is 1.13. The van der Waals surface area contributed by atoms with E-state index in [0.717, 1.165) is 31.1 Å². The number of amides is 2. The number of fused-ring (bicyclic) bond motifs is 1. The molecule has 2 heterocycles. The number of carbonyl (C=O) groups is 1. The van der Waals surface area contributed by atoms with Crippen molar-refractivity contribution in [2.75, 3.05) is 39.4 Å². The van der Waals surface area contributed by atoms with Crippen LogP contribution in [0.3, 0.4) is 0 Å². The van der Waals surface area contributed by atoms with E-state index in [2.05, 4.69) is 17.6 Å². The Labute approximate surface area is 124 Å². The van der Waals surface area contributed by atoms with Crippen LogP contribution in [-0.2, 0) is 0 Å². The highest BCUT2D eigenvalue weighted by molar-refractivity contribution is 5.76. The van der Waals surface area contributed by atoms with Crippen LogP contribution in [0, 0.1) is 0 Å². The van der Waals surface area contributed by atoms with Gasteiger partial charge in [-0.15, -0.1) is 0 Å². The number of ether oxygens (including phenoxy) is 2. The Hall–Kier alpha value is -1.95. The summed E-state index contributed by atoms with van der Waals surface area (Å²) in [6, 6.07) is 6.20. The summed E-state index contributed by atoms with van der Waals surface area (Å²) >= 11 is 0. The minimum Gasteiger partial charge on any atom is -0.492 e. The third kappa shape index (κ3) is 3.05. The first-order chi connectivity index (χ1) is 10.3. The highest BCUT2D eigenvalue weighted by Gasteiger charge is 2.23. The Bertz CT molecular complexity index is 521. The molecule has 0 saturated carbocycles. The van der Waals surface area contributed by atoms with E-state index in [4.69, 9.17) is 9.47 Å². The number of nitrogens with zero attached hydrogens (tertiary/aromatic N) is 1. The summed E-state index contributed by atoms with van der Waals surface area (Å²) in [6.45, 7) is 6.23. The molecule has 0 aromatic heterocycles. The molecule has 2 amide bonds. The zero-order valence-corrected chi connectivity index (χ0v) is 12.2. The highest BCUT2D eigenvalue weighted by Crippen LogP contribution is 2.35. The Balaban J connectivity index is 1.54. The Morgan fingerprint density at radius 1 is 1.52 bits per heavy atom. The molecule has 6 heteroatoms. The number of benzene rings is 1. The van der Waals surface area contributed by atoms with E-state index in [9.17, 15) is 4.79 Å². The lowest BCUT2D eigenvalue weighted by molar-refractivity contribution is 0.202. The Kier molecular flexibility index (Phi) is 4.15. The van der Waals surface area contributed by atoms with Gasteiger partial charge in [0.05, 0.1) is 12.6 Å². The molecule has 0 radical (unpaired) electrons. The molecular weight excluding hydrogens is 270 g/mol. The molecule has 2 aliphatic rings. The van der Waals surface area contributed by atoms with E-state index in [-0.39, 0.29) is 12.1 Å². The van der Waals surface area contributed by atoms with Gasteiger partial charge in [-0.05, 0) is 18.7 Å². The van der Waals surface area contributed by atoms with Crippen LogP contribution in [0.4, 0.5) is 4.79 Å². The second-order valence-corrected chi connectivity index (χ2v) is 5.19. The minimum atomic E-state index is -0.00984. The molecule has 2 aliphatic heterocycles. The predicted molar refractivity (Wildman–Crippen MR) is 78.8 cm³/mol. The van der Waals surface area contributed by atoms with E-state index in [1.165, 1.54) is 5.56 Å². The molecule has 114 valence electrons. The number of hydrogen-bond donors (Lipinski definition) is 2. The van der Waals surface area contributed by atoms with Gasteiger partial charge in [-0.2, -0.15) is 0 Å². The first kappa shape index (κ1) is 14.0. The number of likely N-dealkylation sites (N-methyl/N-ethyl adjacent to an activating group) is 1. The average Bonchev–Trinajstić information content (AvgIpc) is 3.07. The largest absolute Gasteiger partial charge is 0.492 e. The van der Waals surface area contributed by atoms with Crippen molar-refractivity contribution in [2.45, 2.75) is 13.0 Å². The molecule has 1 aromatic carbocycles. The van der Waals surface area contributed by atoms with Gasteiger partial charge in [0, 0.05) is 24.7 Å². The lowest BCUT2D eigenvalue weighted by Crippen LogP contribution is -2.31. The van der Waals surface area contributed by atoms with Gasteiger partial charge in [0.1, 0.15) is 24.7 Å². The van der Waals surface area contributed by atoms with Gasteiger partial charge in [-0.25, -0.2) is 4.79 Å². The number of urea groups is 1. The molecule has 3 rings (SSSR count). The summed E-state index contributed by atoms with van der Waals surface area (Å²) in [5, 5.41) is 6.16. The topological polar surface area (TPSA) is 62.8 Å². The molecule has 21 heavy (non-hydrogen) atoms. The second-order valence-electron chi connectivity index (χ2n) is 5.19.